The Bertz CT molecular complexity index is 1620. The van der Waals surface area contributed by atoms with Crippen LogP contribution in [0.15, 0.2) is 72.8 Å². The van der Waals surface area contributed by atoms with Crippen molar-refractivity contribution in [2.24, 2.45) is 10.8 Å². The summed E-state index contributed by atoms with van der Waals surface area (Å²) < 4.78 is 13.5. The molecule has 1 aliphatic carbocycles. The molecular formula is C43H57N3O5. The van der Waals surface area contributed by atoms with Crippen molar-refractivity contribution in [1.82, 2.24) is 15.5 Å². The van der Waals surface area contributed by atoms with Crippen LogP contribution in [0.2, 0.25) is 0 Å². The lowest BCUT2D eigenvalue weighted by Gasteiger charge is -2.41. The molecule has 5 unspecified atom stereocenters. The number of fused-ring (bicyclic) bond motifs is 2. The van der Waals surface area contributed by atoms with Crippen LogP contribution in [0.25, 0.3) is 11.1 Å². The molecule has 274 valence electrons. The fraction of sp³-hybridized carbons (Fsp3) is 0.535. The van der Waals surface area contributed by atoms with E-state index in [1.165, 1.54) is 26.2 Å². The van der Waals surface area contributed by atoms with Crippen LogP contribution in [-0.4, -0.2) is 53.6 Å². The van der Waals surface area contributed by atoms with Gasteiger partial charge in [0.15, 0.2) is 6.29 Å². The van der Waals surface area contributed by atoms with Gasteiger partial charge in [-0.05, 0) is 70.8 Å². The Hall–Kier alpha value is -3.56. The van der Waals surface area contributed by atoms with E-state index in [-0.39, 0.29) is 30.6 Å². The molecule has 3 aromatic rings. The topological polar surface area (TPSA) is 100 Å². The predicted molar refractivity (Wildman–Crippen MR) is 200 cm³/mol. The average molecular weight is 696 g/mol. The van der Waals surface area contributed by atoms with E-state index in [4.69, 9.17) is 9.47 Å². The molecule has 3 N–H and O–H groups in total. The lowest BCUT2D eigenvalue weighted by molar-refractivity contribution is -0.253. The van der Waals surface area contributed by atoms with Crippen molar-refractivity contribution in [3.05, 3.63) is 95.1 Å². The van der Waals surface area contributed by atoms with Crippen molar-refractivity contribution in [1.29, 1.82) is 0 Å². The summed E-state index contributed by atoms with van der Waals surface area (Å²) in [5.74, 6) is 0.0191. The van der Waals surface area contributed by atoms with Gasteiger partial charge >= 0.3 is 0 Å². The van der Waals surface area contributed by atoms with Gasteiger partial charge in [-0.25, -0.2) is 0 Å². The summed E-state index contributed by atoms with van der Waals surface area (Å²) >= 11 is 0. The van der Waals surface area contributed by atoms with Crippen LogP contribution in [0.3, 0.4) is 0 Å². The zero-order valence-electron chi connectivity index (χ0n) is 31.0. The fourth-order valence-electron chi connectivity index (χ4n) is 8.99. The molecule has 2 saturated heterocycles. The summed E-state index contributed by atoms with van der Waals surface area (Å²) in [6, 6.07) is 25.4. The molecule has 2 heterocycles. The zero-order valence-corrected chi connectivity index (χ0v) is 31.0. The lowest BCUT2D eigenvalue weighted by Crippen LogP contribution is -2.42. The first-order valence-corrected chi connectivity index (χ1v) is 18.9. The third-order valence-corrected chi connectivity index (χ3v) is 11.0. The number of benzene rings is 3. The Morgan fingerprint density at radius 1 is 0.882 bits per heavy atom. The van der Waals surface area contributed by atoms with E-state index in [1.54, 1.807) is 0 Å². The Morgan fingerprint density at radius 3 is 2.37 bits per heavy atom. The van der Waals surface area contributed by atoms with Crippen LogP contribution >= 0.6 is 0 Å². The van der Waals surface area contributed by atoms with Gasteiger partial charge < -0.3 is 25.2 Å². The quantitative estimate of drug-likeness (QED) is 0.150. The number of rotatable bonds is 14. The van der Waals surface area contributed by atoms with Crippen molar-refractivity contribution in [2.75, 3.05) is 19.6 Å². The van der Waals surface area contributed by atoms with Crippen LogP contribution in [0.5, 0.6) is 0 Å². The molecular weight excluding hydrogens is 638 g/mol. The molecule has 2 bridgehead atoms. The van der Waals surface area contributed by atoms with Gasteiger partial charge in [0.05, 0.1) is 18.8 Å². The second-order valence-corrected chi connectivity index (χ2v) is 16.3. The smallest absolute Gasteiger partial charge is 0.220 e. The summed E-state index contributed by atoms with van der Waals surface area (Å²) in [7, 11) is 0. The molecule has 2 aliphatic heterocycles. The van der Waals surface area contributed by atoms with Gasteiger partial charge in [-0.3, -0.25) is 14.5 Å². The normalized spacial score (nSPS) is 25.7. The van der Waals surface area contributed by atoms with Gasteiger partial charge in [0.2, 0.25) is 11.8 Å². The van der Waals surface area contributed by atoms with Crippen LogP contribution in [0.4, 0.5) is 0 Å². The zero-order chi connectivity index (χ0) is 36.0. The van der Waals surface area contributed by atoms with Gasteiger partial charge in [0.1, 0.15) is 0 Å². The van der Waals surface area contributed by atoms with E-state index < -0.39 is 6.29 Å². The standard InChI is InChI=1S/C43H57N3O5/c1-30(48)44-21-9-5-6-12-40(49)45-25-35-10-7-8-11-38(35)32-17-19-34(20-18-32)41-50-37(22-39(51-41)33-15-13-31(27-47)14-16-33)26-46-29-43(4)24-36(46)23-42(2,3)28-43/h7-8,10-11,13-20,36-37,39,41,47H,5-6,9,12,21-29H2,1-4H3,(H,44,48)(H,45,49). The summed E-state index contributed by atoms with van der Waals surface area (Å²) in [5, 5.41) is 15.5. The first-order valence-electron chi connectivity index (χ1n) is 18.9. The molecule has 3 fully saturated rings. The maximum absolute atomic E-state index is 12.6. The minimum Gasteiger partial charge on any atom is -0.392 e. The Kier molecular flexibility index (Phi) is 12.0. The number of hydrogen-bond donors (Lipinski definition) is 3. The summed E-state index contributed by atoms with van der Waals surface area (Å²) in [5.41, 5.74) is 6.94. The second-order valence-electron chi connectivity index (χ2n) is 16.3. The van der Waals surface area contributed by atoms with Crippen molar-refractivity contribution < 1.29 is 24.2 Å². The average Bonchev–Trinajstić information content (AvgIpc) is 3.35. The number of ether oxygens (including phenoxy) is 2. The number of likely N-dealkylation sites (tertiary alicyclic amines) is 1. The molecule has 0 spiro atoms. The van der Waals surface area contributed by atoms with Crippen LogP contribution in [-0.2, 0) is 32.2 Å². The number of amides is 2. The highest BCUT2D eigenvalue weighted by Crippen LogP contribution is 2.53. The van der Waals surface area contributed by atoms with E-state index in [0.29, 0.717) is 36.4 Å². The second kappa shape index (κ2) is 16.4. The largest absolute Gasteiger partial charge is 0.392 e. The molecule has 1 saturated carbocycles. The summed E-state index contributed by atoms with van der Waals surface area (Å²) in [6.45, 7) is 12.0. The molecule has 5 atom stereocenters. The van der Waals surface area contributed by atoms with Gasteiger partial charge in [-0.15, -0.1) is 0 Å². The molecule has 6 rings (SSSR count). The van der Waals surface area contributed by atoms with Crippen LogP contribution in [0, 0.1) is 10.8 Å². The van der Waals surface area contributed by atoms with Gasteiger partial charge in [0, 0.05) is 57.5 Å². The molecule has 0 radical (unpaired) electrons. The molecule has 8 nitrogen and oxygen atoms in total. The summed E-state index contributed by atoms with van der Waals surface area (Å²) in [6.07, 6.45) is 7.01. The molecule has 2 amide bonds. The molecule has 51 heavy (non-hydrogen) atoms. The molecule has 3 aromatic carbocycles. The first kappa shape index (κ1) is 37.2. The molecule has 8 heteroatoms. The number of unbranched alkanes of at least 4 members (excludes halogenated alkanes) is 2. The Balaban J connectivity index is 1.12. The fourth-order valence-corrected chi connectivity index (χ4v) is 8.99. The molecule has 0 aromatic heterocycles. The van der Waals surface area contributed by atoms with Crippen LogP contribution < -0.4 is 10.6 Å². The van der Waals surface area contributed by atoms with E-state index in [2.05, 4.69) is 84.8 Å². The van der Waals surface area contributed by atoms with Gasteiger partial charge in [-0.2, -0.15) is 0 Å². The van der Waals surface area contributed by atoms with Crippen LogP contribution in [0.1, 0.15) is 114 Å². The van der Waals surface area contributed by atoms with E-state index in [0.717, 1.165) is 72.2 Å². The number of nitrogens with one attached hydrogen (secondary N) is 2. The monoisotopic (exact) mass is 695 g/mol. The number of carbonyl (C=O) groups excluding carboxylic acids is 2. The maximum atomic E-state index is 12.6. The minimum atomic E-state index is -0.498. The molecule has 3 aliphatic rings. The van der Waals surface area contributed by atoms with E-state index in [1.807, 2.05) is 24.3 Å². The van der Waals surface area contributed by atoms with Gasteiger partial charge in [-0.1, -0.05) is 100.0 Å². The highest BCUT2D eigenvalue weighted by atomic mass is 16.7. The lowest BCUT2D eigenvalue weighted by atomic mass is 9.65. The number of aliphatic hydroxyl groups is 1. The third kappa shape index (κ3) is 9.86. The number of aliphatic hydroxyl groups excluding tert-OH is 1. The Morgan fingerprint density at radius 2 is 1.63 bits per heavy atom. The first-order chi connectivity index (χ1) is 24.5. The van der Waals surface area contributed by atoms with E-state index >= 15 is 0 Å². The highest BCUT2D eigenvalue weighted by molar-refractivity contribution is 5.76. The van der Waals surface area contributed by atoms with Crippen molar-refractivity contribution >= 4 is 11.8 Å². The summed E-state index contributed by atoms with van der Waals surface area (Å²) in [4.78, 5) is 26.3. The number of hydrogen-bond acceptors (Lipinski definition) is 6. The minimum absolute atomic E-state index is 0.0194. The maximum Gasteiger partial charge on any atom is 0.220 e. The SMILES string of the molecule is CC(=O)NCCCCCC(=O)NCc1ccccc1-c1ccc(C2OC(CN3CC4(C)CC3CC(C)(C)C4)CC(c3ccc(CO)cc3)O2)cc1. The number of carbonyl (C=O) groups is 2. The third-order valence-electron chi connectivity index (χ3n) is 11.0. The number of nitrogens with zero attached hydrogens (tertiary/aromatic N) is 1. The van der Waals surface area contributed by atoms with Gasteiger partial charge in [0.25, 0.3) is 0 Å². The van der Waals surface area contributed by atoms with Crippen molar-refractivity contribution in [3.8, 4) is 11.1 Å². The van der Waals surface area contributed by atoms with Crippen molar-refractivity contribution in [2.45, 2.75) is 117 Å². The Labute approximate surface area is 304 Å². The predicted octanol–water partition coefficient (Wildman–Crippen LogP) is 7.60. The van der Waals surface area contributed by atoms with E-state index in [9.17, 15) is 14.7 Å². The van der Waals surface area contributed by atoms with Crippen molar-refractivity contribution in [3.63, 3.8) is 0 Å². The highest BCUT2D eigenvalue weighted by Gasteiger charge is 2.50.